The lowest BCUT2D eigenvalue weighted by atomic mass is 9.69. The van der Waals surface area contributed by atoms with E-state index in [9.17, 15) is 0 Å². The van der Waals surface area contributed by atoms with Crippen LogP contribution in [0.15, 0.2) is 23.8 Å². The monoisotopic (exact) mass is 219 g/mol. The molecule has 0 aromatic heterocycles. The van der Waals surface area contributed by atoms with Crippen molar-refractivity contribution < 1.29 is 0 Å². The Hall–Kier alpha value is -0.650. The lowest BCUT2D eigenvalue weighted by Crippen LogP contribution is -2.24. The van der Waals surface area contributed by atoms with Crippen LogP contribution in [-0.2, 0) is 0 Å². The molecule has 0 amide bonds. The van der Waals surface area contributed by atoms with Crippen molar-refractivity contribution >= 4 is 0 Å². The maximum absolute atomic E-state index is 4.33. The Morgan fingerprint density at radius 2 is 1.75 bits per heavy atom. The molecule has 0 heteroatoms. The Morgan fingerprint density at radius 1 is 1.19 bits per heavy atom. The molecular weight excluding hydrogens is 192 g/mol. The lowest BCUT2D eigenvalue weighted by Gasteiger charge is -2.44. The Morgan fingerprint density at radius 3 is 2.12 bits per heavy atom. The van der Waals surface area contributed by atoms with E-state index in [-0.39, 0.29) is 0 Å². The number of rotatable bonds is 3. The molecule has 1 rings (SSSR count). The Bertz CT molecular complexity index is 278. The van der Waals surface area contributed by atoms with Crippen molar-refractivity contribution in [3.63, 3.8) is 0 Å². The molecule has 0 aromatic rings. The summed E-state index contributed by atoms with van der Waals surface area (Å²) in [6.07, 6.45) is 3.63. The van der Waals surface area contributed by atoms with Gasteiger partial charge in [-0.05, 0) is 11.8 Å². The van der Waals surface area contributed by atoms with E-state index in [1.54, 1.807) is 5.92 Å². The van der Waals surface area contributed by atoms with Gasteiger partial charge in [-0.1, -0.05) is 59.8 Å². The fraction of sp³-hybridized carbons (Fsp3) is 0.688. The summed E-state index contributed by atoms with van der Waals surface area (Å²) in [4.78, 5) is 0. The second-order valence-electron chi connectivity index (χ2n) is 6.06. The molecule has 0 saturated heterocycles. The van der Waals surface area contributed by atoms with Crippen molar-refractivity contribution in [2.45, 2.75) is 48.0 Å². The normalized spacial score (nSPS) is 22.3. The summed E-state index contributed by atoms with van der Waals surface area (Å²) in [5.41, 5.74) is 2.86. The van der Waals surface area contributed by atoms with E-state index in [4.69, 9.17) is 0 Å². The zero-order valence-corrected chi connectivity index (χ0v) is 11.8. The van der Waals surface area contributed by atoms with Crippen LogP contribution in [0, 0.1) is 29.6 Å². The van der Waals surface area contributed by atoms with E-state index in [1.807, 2.05) is 0 Å². The highest BCUT2D eigenvalue weighted by Gasteiger charge is 2.22. The van der Waals surface area contributed by atoms with Crippen molar-refractivity contribution in [3.8, 4) is 0 Å². The molecule has 0 spiro atoms. The molecule has 0 aromatic carbocycles. The molecule has 0 fully saturated rings. The van der Waals surface area contributed by atoms with Crippen molar-refractivity contribution in [1.29, 1.82) is 0 Å². The molecule has 92 valence electrons. The van der Waals surface area contributed by atoms with Crippen LogP contribution in [0.25, 0.3) is 0 Å². The average Bonchev–Trinajstić information content (AvgIpc) is 2.16. The van der Waals surface area contributed by atoms with Gasteiger partial charge in [0.15, 0.2) is 0 Å². The largest absolute Gasteiger partial charge is 0.221 e. The summed E-state index contributed by atoms with van der Waals surface area (Å²) in [7, 11) is 0. The van der Waals surface area contributed by atoms with Crippen LogP contribution in [0.4, 0.5) is 0 Å². The quantitative estimate of drug-likeness (QED) is 0.584. The van der Waals surface area contributed by atoms with Gasteiger partial charge in [0.05, 0.1) is 0 Å². The summed E-state index contributed by atoms with van der Waals surface area (Å²) in [6.45, 7) is 18.1. The third-order valence-electron chi connectivity index (χ3n) is 3.78. The Kier molecular flexibility index (Phi) is 4.29. The van der Waals surface area contributed by atoms with E-state index >= 15 is 0 Å². The molecule has 16 heavy (non-hydrogen) atoms. The first-order chi connectivity index (χ1) is 7.34. The molecule has 0 heterocycles. The Balaban J connectivity index is 3.01. The van der Waals surface area contributed by atoms with Gasteiger partial charge in [0.2, 0.25) is 0 Å². The summed E-state index contributed by atoms with van der Waals surface area (Å²) in [6, 6.07) is 0. The SMILES string of the molecule is C=C1C(C(C)C)=C[C-](C(C)C)CC1C(C)C. The van der Waals surface area contributed by atoms with Crippen LogP contribution in [0.1, 0.15) is 48.0 Å². The van der Waals surface area contributed by atoms with Gasteiger partial charge in [-0.3, -0.25) is 0 Å². The minimum atomic E-state index is 0.600. The van der Waals surface area contributed by atoms with Gasteiger partial charge < -0.3 is 0 Å². The molecule has 1 aliphatic carbocycles. The highest BCUT2D eigenvalue weighted by molar-refractivity contribution is 5.41. The van der Waals surface area contributed by atoms with E-state index in [2.05, 4.69) is 54.2 Å². The highest BCUT2D eigenvalue weighted by atomic mass is 14.3. The topological polar surface area (TPSA) is 0 Å². The smallest absolute Gasteiger partial charge is 0.0424 e. The van der Waals surface area contributed by atoms with Gasteiger partial charge in [-0.2, -0.15) is 5.57 Å². The molecule has 1 atom stereocenters. The van der Waals surface area contributed by atoms with Gasteiger partial charge >= 0.3 is 0 Å². The molecular formula is C16H27-. The van der Waals surface area contributed by atoms with Crippen LogP contribution in [-0.4, -0.2) is 0 Å². The van der Waals surface area contributed by atoms with Crippen LogP contribution in [0.5, 0.6) is 0 Å². The van der Waals surface area contributed by atoms with Crippen molar-refractivity contribution in [2.75, 3.05) is 0 Å². The van der Waals surface area contributed by atoms with Crippen molar-refractivity contribution in [3.05, 3.63) is 29.7 Å². The van der Waals surface area contributed by atoms with Gasteiger partial charge in [0, 0.05) is 0 Å². The maximum Gasteiger partial charge on any atom is -0.0424 e. The molecule has 1 aliphatic rings. The predicted octanol–water partition coefficient (Wildman–Crippen LogP) is 5.03. The molecule has 0 aliphatic heterocycles. The van der Waals surface area contributed by atoms with Crippen LogP contribution in [0.2, 0.25) is 0 Å². The van der Waals surface area contributed by atoms with Gasteiger partial charge in [-0.25, -0.2) is 12.0 Å². The first-order valence-electron chi connectivity index (χ1n) is 6.61. The van der Waals surface area contributed by atoms with Crippen LogP contribution >= 0.6 is 0 Å². The third-order valence-corrected chi connectivity index (χ3v) is 3.78. The summed E-state index contributed by atoms with van der Waals surface area (Å²) in [5, 5.41) is 0. The average molecular weight is 219 g/mol. The standard InChI is InChI=1S/C16H27/c1-10(2)14-8-15(11(3)4)13(7)16(9-14)12(5)6/h8,10-12,16H,7,9H2,1-6H3/q-1. The minimum Gasteiger partial charge on any atom is -0.221 e. The first-order valence-corrected chi connectivity index (χ1v) is 6.61. The maximum atomic E-state index is 4.33. The molecule has 0 bridgehead atoms. The zero-order valence-electron chi connectivity index (χ0n) is 11.8. The van der Waals surface area contributed by atoms with Gasteiger partial charge in [0.25, 0.3) is 0 Å². The third kappa shape index (κ3) is 2.72. The molecule has 0 nitrogen and oxygen atoms in total. The second kappa shape index (κ2) is 5.12. The van der Waals surface area contributed by atoms with E-state index in [0.717, 1.165) is 0 Å². The predicted molar refractivity (Wildman–Crippen MR) is 73.1 cm³/mol. The fourth-order valence-corrected chi connectivity index (χ4v) is 2.52. The molecule has 1 unspecified atom stereocenters. The van der Waals surface area contributed by atoms with E-state index in [1.165, 1.54) is 17.6 Å². The summed E-state index contributed by atoms with van der Waals surface area (Å²) in [5.74, 6) is 4.23. The minimum absolute atomic E-state index is 0.600. The number of hydrogen-bond acceptors (Lipinski definition) is 0. The summed E-state index contributed by atoms with van der Waals surface area (Å²) < 4.78 is 0. The van der Waals surface area contributed by atoms with Gasteiger partial charge in [0.1, 0.15) is 0 Å². The second-order valence-corrected chi connectivity index (χ2v) is 6.06. The van der Waals surface area contributed by atoms with Crippen LogP contribution < -0.4 is 0 Å². The van der Waals surface area contributed by atoms with Crippen molar-refractivity contribution in [2.24, 2.45) is 23.7 Å². The Labute approximate surface area is 102 Å². The first kappa shape index (κ1) is 13.4. The van der Waals surface area contributed by atoms with Crippen LogP contribution in [0.3, 0.4) is 0 Å². The fourth-order valence-electron chi connectivity index (χ4n) is 2.52. The lowest BCUT2D eigenvalue weighted by molar-refractivity contribution is 0.395. The molecule has 0 saturated carbocycles. The molecule has 0 N–H and O–H groups in total. The number of allylic oxidation sites excluding steroid dienone is 3. The van der Waals surface area contributed by atoms with E-state index in [0.29, 0.717) is 23.7 Å². The number of hydrogen-bond donors (Lipinski definition) is 0. The van der Waals surface area contributed by atoms with Crippen molar-refractivity contribution in [1.82, 2.24) is 0 Å². The van der Waals surface area contributed by atoms with Gasteiger partial charge in [-0.15, -0.1) is 12.2 Å². The molecule has 0 radical (unpaired) electrons. The highest BCUT2D eigenvalue weighted by Crippen LogP contribution is 2.42. The summed E-state index contributed by atoms with van der Waals surface area (Å²) >= 11 is 0. The van der Waals surface area contributed by atoms with E-state index < -0.39 is 0 Å². The zero-order chi connectivity index (χ0) is 12.5.